The van der Waals surface area contributed by atoms with Gasteiger partial charge in [-0.15, -0.1) is 0 Å². The van der Waals surface area contributed by atoms with Gasteiger partial charge in [0, 0.05) is 11.7 Å². The molecular formula is C18H28N2O. The fourth-order valence-electron chi connectivity index (χ4n) is 3.10. The lowest BCUT2D eigenvalue weighted by molar-refractivity contribution is -0.118. The Labute approximate surface area is 128 Å². The highest BCUT2D eigenvalue weighted by Crippen LogP contribution is 2.27. The molecule has 1 N–H and O–H groups in total. The van der Waals surface area contributed by atoms with Crippen LogP contribution >= 0.6 is 0 Å². The fourth-order valence-corrected chi connectivity index (χ4v) is 3.10. The summed E-state index contributed by atoms with van der Waals surface area (Å²) in [4.78, 5) is 14.7. The largest absolute Gasteiger partial charge is 0.324 e. The summed E-state index contributed by atoms with van der Waals surface area (Å²) < 4.78 is 0. The Bertz CT molecular complexity index is 496. The number of aryl methyl sites for hydroxylation is 1. The van der Waals surface area contributed by atoms with Crippen LogP contribution in [0.15, 0.2) is 18.2 Å². The summed E-state index contributed by atoms with van der Waals surface area (Å²) in [6, 6.07) is 6.75. The number of piperidine rings is 1. The molecule has 3 nitrogen and oxygen atoms in total. The first-order valence-electron chi connectivity index (χ1n) is 8.12. The van der Waals surface area contributed by atoms with Crippen molar-refractivity contribution >= 4 is 11.6 Å². The minimum atomic E-state index is 0.111. The first kappa shape index (κ1) is 16.0. The molecule has 21 heavy (non-hydrogen) atoms. The molecule has 1 aliphatic rings. The molecule has 0 aromatic heterocycles. The van der Waals surface area contributed by atoms with Crippen molar-refractivity contribution in [3.05, 3.63) is 29.3 Å². The van der Waals surface area contributed by atoms with E-state index in [1.54, 1.807) is 0 Å². The molecule has 2 rings (SSSR count). The zero-order valence-corrected chi connectivity index (χ0v) is 13.8. The number of amides is 1. The minimum absolute atomic E-state index is 0.111. The van der Waals surface area contributed by atoms with Crippen LogP contribution in [0.2, 0.25) is 0 Å². The van der Waals surface area contributed by atoms with Gasteiger partial charge >= 0.3 is 0 Å². The summed E-state index contributed by atoms with van der Waals surface area (Å²) in [6.45, 7) is 10.2. The maximum atomic E-state index is 12.4. The fraction of sp³-hybridized carbons (Fsp3) is 0.611. The lowest BCUT2D eigenvalue weighted by Crippen LogP contribution is -2.42. The molecule has 1 aliphatic heterocycles. The highest BCUT2D eigenvalue weighted by Gasteiger charge is 2.21. The van der Waals surface area contributed by atoms with E-state index in [1.165, 1.54) is 24.8 Å². The number of hydrogen-bond donors (Lipinski definition) is 1. The van der Waals surface area contributed by atoms with Crippen LogP contribution in [0, 0.1) is 6.92 Å². The van der Waals surface area contributed by atoms with Gasteiger partial charge in [-0.3, -0.25) is 9.69 Å². The molecular weight excluding hydrogens is 260 g/mol. The van der Waals surface area contributed by atoms with Crippen LogP contribution in [0.4, 0.5) is 5.69 Å². The number of nitrogens with zero attached hydrogens (tertiary/aromatic N) is 1. The third-order valence-electron chi connectivity index (χ3n) is 4.48. The zero-order chi connectivity index (χ0) is 15.4. The summed E-state index contributed by atoms with van der Waals surface area (Å²) in [5.74, 6) is 0.522. The van der Waals surface area contributed by atoms with Gasteiger partial charge in [0.2, 0.25) is 5.91 Å². The highest BCUT2D eigenvalue weighted by atomic mass is 16.2. The van der Waals surface area contributed by atoms with Gasteiger partial charge in [0.25, 0.3) is 0 Å². The summed E-state index contributed by atoms with van der Waals surface area (Å²) in [5.41, 5.74) is 3.36. The minimum Gasteiger partial charge on any atom is -0.324 e. The van der Waals surface area contributed by atoms with E-state index < -0.39 is 0 Å². The molecule has 0 unspecified atom stereocenters. The van der Waals surface area contributed by atoms with Gasteiger partial charge in [-0.2, -0.15) is 0 Å². The molecule has 3 heteroatoms. The van der Waals surface area contributed by atoms with Crippen molar-refractivity contribution in [3.63, 3.8) is 0 Å². The molecule has 0 bridgehead atoms. The van der Waals surface area contributed by atoms with Crippen LogP contribution in [0.25, 0.3) is 0 Å². The molecule has 1 atom stereocenters. The van der Waals surface area contributed by atoms with Crippen LogP contribution in [-0.2, 0) is 4.79 Å². The van der Waals surface area contributed by atoms with Crippen LogP contribution in [0.1, 0.15) is 57.1 Å². The van der Waals surface area contributed by atoms with E-state index in [0.29, 0.717) is 18.5 Å². The van der Waals surface area contributed by atoms with Crippen LogP contribution in [-0.4, -0.2) is 29.9 Å². The summed E-state index contributed by atoms with van der Waals surface area (Å²) in [5, 5.41) is 3.15. The number of likely N-dealkylation sites (tertiary alicyclic amines) is 1. The van der Waals surface area contributed by atoms with Crippen molar-refractivity contribution in [2.45, 2.75) is 58.9 Å². The predicted molar refractivity (Wildman–Crippen MR) is 88.8 cm³/mol. The Morgan fingerprint density at radius 3 is 2.81 bits per heavy atom. The highest BCUT2D eigenvalue weighted by molar-refractivity contribution is 5.94. The van der Waals surface area contributed by atoms with Gasteiger partial charge in [-0.1, -0.05) is 38.5 Å². The number of carbonyl (C=O) groups is 1. The number of benzene rings is 1. The molecule has 0 aliphatic carbocycles. The third kappa shape index (κ3) is 4.07. The van der Waals surface area contributed by atoms with E-state index in [9.17, 15) is 4.79 Å². The van der Waals surface area contributed by atoms with Crippen molar-refractivity contribution in [2.75, 3.05) is 18.4 Å². The van der Waals surface area contributed by atoms with E-state index in [2.05, 4.69) is 56.1 Å². The normalized spacial score (nSPS) is 19.8. The molecule has 1 aromatic carbocycles. The van der Waals surface area contributed by atoms with Crippen molar-refractivity contribution in [1.82, 2.24) is 4.90 Å². The Balaban J connectivity index is 2.06. The van der Waals surface area contributed by atoms with Crippen LogP contribution in [0.5, 0.6) is 0 Å². The quantitative estimate of drug-likeness (QED) is 0.910. The molecule has 1 saturated heterocycles. The van der Waals surface area contributed by atoms with Gasteiger partial charge in [0.1, 0.15) is 0 Å². The monoisotopic (exact) mass is 288 g/mol. The Kier molecular flexibility index (Phi) is 5.40. The molecule has 1 heterocycles. The average Bonchev–Trinajstić information content (AvgIpc) is 2.43. The van der Waals surface area contributed by atoms with Crippen molar-refractivity contribution in [1.29, 1.82) is 0 Å². The molecule has 116 valence electrons. The third-order valence-corrected chi connectivity index (χ3v) is 4.48. The number of nitrogens with one attached hydrogen (secondary N) is 1. The SMILES string of the molecule is Cc1cccc(C(C)C)c1NC(=O)CN1CCCC[C@@H]1C. The van der Waals surface area contributed by atoms with Crippen molar-refractivity contribution in [2.24, 2.45) is 0 Å². The Hall–Kier alpha value is -1.35. The molecule has 0 spiro atoms. The second kappa shape index (κ2) is 7.08. The van der Waals surface area contributed by atoms with E-state index in [1.807, 2.05) is 0 Å². The molecule has 0 radical (unpaired) electrons. The van der Waals surface area contributed by atoms with E-state index >= 15 is 0 Å². The smallest absolute Gasteiger partial charge is 0.238 e. The average molecular weight is 288 g/mol. The van der Waals surface area contributed by atoms with E-state index in [0.717, 1.165) is 17.8 Å². The number of rotatable bonds is 4. The molecule has 1 amide bonds. The number of anilines is 1. The molecule has 0 saturated carbocycles. The summed E-state index contributed by atoms with van der Waals surface area (Å²) >= 11 is 0. The molecule has 1 fully saturated rings. The summed E-state index contributed by atoms with van der Waals surface area (Å²) in [6.07, 6.45) is 3.70. The van der Waals surface area contributed by atoms with Gasteiger partial charge in [-0.05, 0) is 50.3 Å². The van der Waals surface area contributed by atoms with Gasteiger partial charge in [-0.25, -0.2) is 0 Å². The lowest BCUT2D eigenvalue weighted by Gasteiger charge is -2.32. The standard InChI is InChI=1S/C18H28N2O/c1-13(2)16-10-7-8-14(3)18(16)19-17(21)12-20-11-6-5-9-15(20)4/h7-8,10,13,15H,5-6,9,11-12H2,1-4H3,(H,19,21)/t15-/m0/s1. The van der Waals surface area contributed by atoms with Gasteiger partial charge in [0.15, 0.2) is 0 Å². The van der Waals surface area contributed by atoms with Crippen LogP contribution < -0.4 is 5.32 Å². The lowest BCUT2D eigenvalue weighted by atomic mass is 9.98. The first-order chi connectivity index (χ1) is 9.99. The second-order valence-corrected chi connectivity index (χ2v) is 6.56. The van der Waals surface area contributed by atoms with Gasteiger partial charge < -0.3 is 5.32 Å². The summed E-state index contributed by atoms with van der Waals surface area (Å²) in [7, 11) is 0. The number of para-hydroxylation sites is 1. The Morgan fingerprint density at radius 2 is 2.14 bits per heavy atom. The second-order valence-electron chi connectivity index (χ2n) is 6.56. The molecule has 1 aromatic rings. The Morgan fingerprint density at radius 1 is 1.38 bits per heavy atom. The van der Waals surface area contributed by atoms with E-state index in [-0.39, 0.29) is 5.91 Å². The number of hydrogen-bond acceptors (Lipinski definition) is 2. The van der Waals surface area contributed by atoms with E-state index in [4.69, 9.17) is 0 Å². The predicted octanol–water partition coefficient (Wildman–Crippen LogP) is 3.93. The topological polar surface area (TPSA) is 32.3 Å². The van der Waals surface area contributed by atoms with Crippen molar-refractivity contribution in [3.8, 4) is 0 Å². The number of carbonyl (C=O) groups excluding carboxylic acids is 1. The van der Waals surface area contributed by atoms with Crippen LogP contribution in [0.3, 0.4) is 0 Å². The maximum absolute atomic E-state index is 12.4. The van der Waals surface area contributed by atoms with Gasteiger partial charge in [0.05, 0.1) is 6.54 Å². The maximum Gasteiger partial charge on any atom is 0.238 e. The first-order valence-corrected chi connectivity index (χ1v) is 8.12. The van der Waals surface area contributed by atoms with Crippen molar-refractivity contribution < 1.29 is 4.79 Å². The zero-order valence-electron chi connectivity index (χ0n) is 13.8.